The smallest absolute Gasteiger partial charge is 0.253 e. The molecule has 1 saturated heterocycles. The van der Waals surface area contributed by atoms with Crippen molar-refractivity contribution in [3.8, 4) is 5.75 Å². The molecule has 1 heterocycles. The zero-order valence-corrected chi connectivity index (χ0v) is 16.5. The van der Waals surface area contributed by atoms with Crippen LogP contribution >= 0.6 is 0 Å². The number of ether oxygens (including phenoxy) is 1. The van der Waals surface area contributed by atoms with E-state index in [0.29, 0.717) is 18.7 Å². The monoisotopic (exact) mass is 387 g/mol. The largest absolute Gasteiger partial charge is 0.490 e. The molecule has 0 aromatic heterocycles. The summed E-state index contributed by atoms with van der Waals surface area (Å²) in [6.07, 6.45) is 3.72. The number of amides is 1. The summed E-state index contributed by atoms with van der Waals surface area (Å²) in [4.78, 5) is 14.7. The quantitative estimate of drug-likeness (QED) is 0.789. The molecule has 2 aromatic carbocycles. The van der Waals surface area contributed by atoms with Gasteiger partial charge in [-0.25, -0.2) is 8.42 Å². The van der Waals surface area contributed by atoms with Gasteiger partial charge in [0.25, 0.3) is 5.91 Å². The lowest BCUT2D eigenvalue weighted by Gasteiger charge is -2.32. The van der Waals surface area contributed by atoms with E-state index < -0.39 is 9.84 Å². The Morgan fingerprint density at radius 3 is 2.48 bits per heavy atom. The van der Waals surface area contributed by atoms with E-state index in [0.717, 1.165) is 31.3 Å². The molecule has 0 saturated carbocycles. The average molecular weight is 388 g/mol. The molecular weight excluding hydrogens is 362 g/mol. The molecule has 144 valence electrons. The molecule has 0 N–H and O–H groups in total. The van der Waals surface area contributed by atoms with E-state index in [-0.39, 0.29) is 16.9 Å². The number of benzene rings is 2. The fourth-order valence-electron chi connectivity index (χ4n) is 3.25. The Bertz CT molecular complexity index is 915. The summed E-state index contributed by atoms with van der Waals surface area (Å²) in [5.74, 6) is 0.743. The summed E-state index contributed by atoms with van der Waals surface area (Å²) >= 11 is 0. The van der Waals surface area contributed by atoms with Gasteiger partial charge < -0.3 is 9.64 Å². The van der Waals surface area contributed by atoms with Gasteiger partial charge in [-0.05, 0) is 42.3 Å². The van der Waals surface area contributed by atoms with Crippen molar-refractivity contribution >= 4 is 15.7 Å². The first-order chi connectivity index (χ1) is 12.9. The van der Waals surface area contributed by atoms with Crippen LogP contribution in [0.1, 0.15) is 35.7 Å². The van der Waals surface area contributed by atoms with Gasteiger partial charge in [0.15, 0.2) is 9.84 Å². The minimum Gasteiger partial charge on any atom is -0.490 e. The average Bonchev–Trinajstić information content (AvgIpc) is 2.67. The predicted octanol–water partition coefficient (Wildman–Crippen LogP) is 3.34. The van der Waals surface area contributed by atoms with E-state index in [2.05, 4.69) is 19.1 Å². The van der Waals surface area contributed by atoms with Crippen LogP contribution in [0.25, 0.3) is 0 Å². The third-order valence-corrected chi connectivity index (χ3v) is 5.96. The molecule has 0 bridgehead atoms. The van der Waals surface area contributed by atoms with E-state index in [1.165, 1.54) is 17.7 Å². The molecule has 0 unspecified atom stereocenters. The second-order valence-corrected chi connectivity index (χ2v) is 8.93. The van der Waals surface area contributed by atoms with Crippen molar-refractivity contribution in [3.63, 3.8) is 0 Å². The highest BCUT2D eigenvalue weighted by Gasteiger charge is 2.25. The van der Waals surface area contributed by atoms with Gasteiger partial charge in [-0.15, -0.1) is 0 Å². The first kappa shape index (κ1) is 19.4. The van der Waals surface area contributed by atoms with Crippen LogP contribution in [0.4, 0.5) is 0 Å². The Hall–Kier alpha value is -2.34. The highest BCUT2D eigenvalue weighted by molar-refractivity contribution is 7.90. The van der Waals surface area contributed by atoms with Gasteiger partial charge in [-0.3, -0.25) is 4.79 Å². The molecule has 1 amide bonds. The molecule has 0 aliphatic carbocycles. The minimum absolute atomic E-state index is 0.0866. The fraction of sp³-hybridized carbons (Fsp3) is 0.381. The van der Waals surface area contributed by atoms with Crippen molar-refractivity contribution < 1.29 is 17.9 Å². The second kappa shape index (κ2) is 8.13. The molecule has 0 radical (unpaired) electrons. The van der Waals surface area contributed by atoms with Crippen LogP contribution < -0.4 is 4.74 Å². The van der Waals surface area contributed by atoms with Crippen molar-refractivity contribution in [3.05, 3.63) is 59.7 Å². The van der Waals surface area contributed by atoms with Crippen LogP contribution in [-0.4, -0.2) is 44.7 Å². The van der Waals surface area contributed by atoms with Gasteiger partial charge in [0.2, 0.25) is 0 Å². The number of hydrogen-bond acceptors (Lipinski definition) is 4. The number of sulfone groups is 1. The zero-order valence-electron chi connectivity index (χ0n) is 15.7. The maximum atomic E-state index is 12.7. The molecule has 6 heteroatoms. The van der Waals surface area contributed by atoms with Gasteiger partial charge in [-0.2, -0.15) is 0 Å². The Morgan fingerprint density at radius 1 is 1.11 bits per heavy atom. The Labute approximate surface area is 160 Å². The van der Waals surface area contributed by atoms with Crippen LogP contribution in [-0.2, 0) is 16.3 Å². The summed E-state index contributed by atoms with van der Waals surface area (Å²) in [5.41, 5.74) is 1.65. The van der Waals surface area contributed by atoms with E-state index >= 15 is 0 Å². The van der Waals surface area contributed by atoms with Crippen molar-refractivity contribution in [2.75, 3.05) is 19.3 Å². The third-order valence-electron chi connectivity index (χ3n) is 4.85. The number of aryl methyl sites for hydroxylation is 1. The molecule has 0 atom stereocenters. The zero-order chi connectivity index (χ0) is 19.4. The van der Waals surface area contributed by atoms with E-state index in [9.17, 15) is 13.2 Å². The molecule has 5 nitrogen and oxygen atoms in total. The Balaban J connectivity index is 1.61. The fourth-order valence-corrected chi connectivity index (χ4v) is 3.92. The van der Waals surface area contributed by atoms with Gasteiger partial charge >= 0.3 is 0 Å². The lowest BCUT2D eigenvalue weighted by atomic mass is 10.1. The number of likely N-dealkylation sites (tertiary alicyclic amines) is 1. The minimum atomic E-state index is -3.33. The van der Waals surface area contributed by atoms with Crippen molar-refractivity contribution in [1.29, 1.82) is 0 Å². The SMILES string of the molecule is CCc1cccc(OC2CCN(C(=O)c3cccc(S(C)(=O)=O)c3)CC2)c1. The van der Waals surface area contributed by atoms with Crippen LogP contribution in [0.2, 0.25) is 0 Å². The molecule has 1 aliphatic rings. The first-order valence-electron chi connectivity index (χ1n) is 9.22. The number of hydrogen-bond donors (Lipinski definition) is 0. The maximum absolute atomic E-state index is 12.7. The predicted molar refractivity (Wildman–Crippen MR) is 105 cm³/mol. The van der Waals surface area contributed by atoms with Gasteiger partial charge in [0, 0.05) is 37.8 Å². The molecule has 2 aromatic rings. The van der Waals surface area contributed by atoms with Crippen LogP contribution in [0.3, 0.4) is 0 Å². The summed E-state index contributed by atoms with van der Waals surface area (Å²) in [6, 6.07) is 14.4. The lowest BCUT2D eigenvalue weighted by Crippen LogP contribution is -2.41. The number of piperidine rings is 1. The number of carbonyl (C=O) groups is 1. The number of rotatable bonds is 5. The molecule has 3 rings (SSSR count). The van der Waals surface area contributed by atoms with Crippen molar-refractivity contribution in [2.45, 2.75) is 37.2 Å². The molecule has 1 fully saturated rings. The van der Waals surface area contributed by atoms with E-state index in [1.807, 2.05) is 12.1 Å². The molecule has 0 spiro atoms. The topological polar surface area (TPSA) is 63.7 Å². The second-order valence-electron chi connectivity index (χ2n) is 6.91. The van der Waals surface area contributed by atoms with Gasteiger partial charge in [0.05, 0.1) is 4.90 Å². The maximum Gasteiger partial charge on any atom is 0.253 e. The van der Waals surface area contributed by atoms with Gasteiger partial charge in [-0.1, -0.05) is 25.1 Å². The van der Waals surface area contributed by atoms with Crippen LogP contribution in [0.15, 0.2) is 53.4 Å². The number of nitrogens with zero attached hydrogens (tertiary/aromatic N) is 1. The lowest BCUT2D eigenvalue weighted by molar-refractivity contribution is 0.0595. The molecule has 27 heavy (non-hydrogen) atoms. The normalized spacial score (nSPS) is 15.6. The Morgan fingerprint density at radius 2 is 1.81 bits per heavy atom. The first-order valence-corrected chi connectivity index (χ1v) is 11.1. The molecule has 1 aliphatic heterocycles. The number of carbonyl (C=O) groups excluding carboxylic acids is 1. The van der Waals surface area contributed by atoms with Crippen LogP contribution in [0.5, 0.6) is 5.75 Å². The third kappa shape index (κ3) is 4.89. The standard InChI is InChI=1S/C21H25NO4S/c1-3-16-6-4-8-19(14-16)26-18-10-12-22(13-11-18)21(23)17-7-5-9-20(15-17)27(2,24)25/h4-9,14-15,18H,3,10-13H2,1-2H3. The highest BCUT2D eigenvalue weighted by atomic mass is 32.2. The summed E-state index contributed by atoms with van der Waals surface area (Å²) < 4.78 is 29.5. The van der Waals surface area contributed by atoms with Crippen LogP contribution in [0, 0.1) is 0 Å². The summed E-state index contributed by atoms with van der Waals surface area (Å²) in [7, 11) is -3.33. The molecular formula is C21H25NO4S. The van der Waals surface area contributed by atoms with Gasteiger partial charge in [0.1, 0.15) is 11.9 Å². The van der Waals surface area contributed by atoms with Crippen molar-refractivity contribution in [1.82, 2.24) is 4.90 Å². The van der Waals surface area contributed by atoms with E-state index in [4.69, 9.17) is 4.74 Å². The summed E-state index contributed by atoms with van der Waals surface area (Å²) in [5, 5.41) is 0. The van der Waals surface area contributed by atoms with Crippen molar-refractivity contribution in [2.24, 2.45) is 0 Å². The van der Waals surface area contributed by atoms with E-state index in [1.54, 1.807) is 17.0 Å². The highest BCUT2D eigenvalue weighted by Crippen LogP contribution is 2.22. The Kier molecular flexibility index (Phi) is 5.85. The summed E-state index contributed by atoms with van der Waals surface area (Å²) in [6.45, 7) is 3.31.